The molecule has 112 valence electrons. The first kappa shape index (κ1) is 15.3. The van der Waals surface area contributed by atoms with Crippen molar-refractivity contribution in [2.24, 2.45) is 0 Å². The first-order valence-corrected chi connectivity index (χ1v) is 8.20. The summed E-state index contributed by atoms with van der Waals surface area (Å²) in [5.41, 5.74) is 7.35. The van der Waals surface area contributed by atoms with Crippen molar-refractivity contribution in [3.63, 3.8) is 0 Å². The number of anilines is 1. The van der Waals surface area contributed by atoms with Crippen molar-refractivity contribution < 1.29 is 13.2 Å². The van der Waals surface area contributed by atoms with Crippen molar-refractivity contribution in [2.75, 3.05) is 18.9 Å². The van der Waals surface area contributed by atoms with Crippen molar-refractivity contribution in [1.82, 2.24) is 4.72 Å². The fourth-order valence-electron chi connectivity index (χ4n) is 2.43. The summed E-state index contributed by atoms with van der Waals surface area (Å²) in [6, 6.07) is 3.45. The monoisotopic (exact) mass is 298 g/mol. The van der Waals surface area contributed by atoms with E-state index in [2.05, 4.69) is 4.72 Å². The predicted molar refractivity (Wildman–Crippen MR) is 79.1 cm³/mol. The lowest BCUT2D eigenvalue weighted by molar-refractivity contribution is 0.0537. The van der Waals surface area contributed by atoms with E-state index in [-0.39, 0.29) is 4.90 Å². The van der Waals surface area contributed by atoms with Crippen LogP contribution >= 0.6 is 0 Å². The van der Waals surface area contributed by atoms with Crippen LogP contribution in [0.4, 0.5) is 5.69 Å². The SMILES string of the molecule is Cc1cc(N)c(C)c(S(=O)(=O)NC2(C)CCOCC2)c1. The number of aryl methyl sites for hydroxylation is 1. The van der Waals surface area contributed by atoms with Gasteiger partial charge in [0.1, 0.15) is 0 Å². The third-order valence-corrected chi connectivity index (χ3v) is 5.58. The standard InChI is InChI=1S/C14H22N2O3S/c1-10-8-12(15)11(2)13(9-10)20(17,18)16-14(3)4-6-19-7-5-14/h8-9,16H,4-7,15H2,1-3H3. The third-order valence-electron chi connectivity index (χ3n) is 3.81. The highest BCUT2D eigenvalue weighted by Gasteiger charge is 2.33. The van der Waals surface area contributed by atoms with Gasteiger partial charge in [-0.15, -0.1) is 0 Å². The summed E-state index contributed by atoms with van der Waals surface area (Å²) in [4.78, 5) is 0.266. The molecule has 1 fully saturated rings. The fraction of sp³-hybridized carbons (Fsp3) is 0.571. The molecule has 0 aromatic heterocycles. The van der Waals surface area contributed by atoms with Crippen molar-refractivity contribution in [3.8, 4) is 0 Å². The maximum absolute atomic E-state index is 12.6. The number of ether oxygens (including phenoxy) is 1. The Morgan fingerprint density at radius 2 is 1.85 bits per heavy atom. The van der Waals surface area contributed by atoms with E-state index in [1.807, 2.05) is 13.8 Å². The van der Waals surface area contributed by atoms with E-state index < -0.39 is 15.6 Å². The van der Waals surface area contributed by atoms with Crippen LogP contribution in [0.2, 0.25) is 0 Å². The van der Waals surface area contributed by atoms with Gasteiger partial charge in [-0.05, 0) is 56.9 Å². The molecular weight excluding hydrogens is 276 g/mol. The summed E-state index contributed by atoms with van der Waals surface area (Å²) in [5, 5.41) is 0. The van der Waals surface area contributed by atoms with E-state index in [9.17, 15) is 8.42 Å². The average molecular weight is 298 g/mol. The molecule has 5 nitrogen and oxygen atoms in total. The summed E-state index contributed by atoms with van der Waals surface area (Å²) in [5.74, 6) is 0. The van der Waals surface area contributed by atoms with E-state index >= 15 is 0 Å². The summed E-state index contributed by atoms with van der Waals surface area (Å²) < 4.78 is 33.4. The average Bonchev–Trinajstić information content (AvgIpc) is 2.33. The Labute approximate surface area is 120 Å². The Kier molecular flexibility index (Phi) is 4.09. The number of rotatable bonds is 3. The Morgan fingerprint density at radius 3 is 2.45 bits per heavy atom. The van der Waals surface area contributed by atoms with Gasteiger partial charge in [-0.2, -0.15) is 0 Å². The number of sulfonamides is 1. The van der Waals surface area contributed by atoms with Crippen molar-refractivity contribution in [1.29, 1.82) is 0 Å². The van der Waals surface area contributed by atoms with Gasteiger partial charge in [-0.1, -0.05) is 0 Å². The van der Waals surface area contributed by atoms with Crippen LogP contribution in [-0.2, 0) is 14.8 Å². The molecule has 3 N–H and O–H groups in total. The largest absolute Gasteiger partial charge is 0.398 e. The summed E-state index contributed by atoms with van der Waals surface area (Å²) in [6.07, 6.45) is 1.35. The molecule has 2 rings (SSSR count). The lowest BCUT2D eigenvalue weighted by atomic mass is 9.94. The van der Waals surface area contributed by atoms with Crippen LogP contribution in [-0.4, -0.2) is 27.2 Å². The van der Waals surface area contributed by atoms with Gasteiger partial charge >= 0.3 is 0 Å². The lowest BCUT2D eigenvalue weighted by Gasteiger charge is -2.34. The van der Waals surface area contributed by atoms with E-state index in [0.717, 1.165) is 5.56 Å². The molecule has 0 unspecified atom stereocenters. The number of nitrogens with one attached hydrogen (secondary N) is 1. The molecule has 1 aromatic rings. The molecule has 1 aliphatic rings. The Bertz CT molecular complexity index is 605. The zero-order chi connectivity index (χ0) is 15.0. The van der Waals surface area contributed by atoms with Crippen molar-refractivity contribution >= 4 is 15.7 Å². The molecule has 0 bridgehead atoms. The first-order valence-electron chi connectivity index (χ1n) is 6.72. The van der Waals surface area contributed by atoms with Crippen LogP contribution in [0.1, 0.15) is 30.9 Å². The van der Waals surface area contributed by atoms with Gasteiger partial charge in [0.05, 0.1) is 4.90 Å². The molecule has 1 aromatic carbocycles. The Morgan fingerprint density at radius 1 is 1.25 bits per heavy atom. The number of nitrogens with two attached hydrogens (primary N) is 1. The second-order valence-electron chi connectivity index (χ2n) is 5.76. The van der Waals surface area contributed by atoms with Gasteiger partial charge in [-0.3, -0.25) is 0 Å². The van der Waals surface area contributed by atoms with Crippen LogP contribution in [0.15, 0.2) is 17.0 Å². The van der Waals surface area contributed by atoms with E-state index in [0.29, 0.717) is 37.3 Å². The van der Waals surface area contributed by atoms with E-state index in [4.69, 9.17) is 10.5 Å². The fourth-order valence-corrected chi connectivity index (χ4v) is 4.26. The smallest absolute Gasteiger partial charge is 0.241 e. The molecule has 1 saturated heterocycles. The van der Waals surface area contributed by atoms with Gasteiger partial charge in [-0.25, -0.2) is 13.1 Å². The van der Waals surface area contributed by atoms with Gasteiger partial charge in [0, 0.05) is 24.4 Å². The van der Waals surface area contributed by atoms with Crippen molar-refractivity contribution in [2.45, 2.75) is 44.0 Å². The highest BCUT2D eigenvalue weighted by molar-refractivity contribution is 7.89. The van der Waals surface area contributed by atoms with Crippen molar-refractivity contribution in [3.05, 3.63) is 23.3 Å². The molecule has 1 heterocycles. The molecule has 0 aliphatic carbocycles. The predicted octanol–water partition coefficient (Wildman–Crippen LogP) is 1.73. The minimum absolute atomic E-state index is 0.266. The molecule has 0 spiro atoms. The number of hydrogen-bond acceptors (Lipinski definition) is 4. The van der Waals surface area contributed by atoms with Gasteiger partial charge < -0.3 is 10.5 Å². The molecule has 0 saturated carbocycles. The molecule has 0 radical (unpaired) electrons. The van der Waals surface area contributed by atoms with Crippen LogP contribution < -0.4 is 10.5 Å². The van der Waals surface area contributed by atoms with Crippen LogP contribution in [0.3, 0.4) is 0 Å². The summed E-state index contributed by atoms with van der Waals surface area (Å²) in [6.45, 7) is 6.64. The molecular formula is C14H22N2O3S. The lowest BCUT2D eigenvalue weighted by Crippen LogP contribution is -2.49. The highest BCUT2D eigenvalue weighted by atomic mass is 32.2. The minimum Gasteiger partial charge on any atom is -0.398 e. The first-order chi connectivity index (χ1) is 9.23. The highest BCUT2D eigenvalue weighted by Crippen LogP contribution is 2.27. The normalized spacial score (nSPS) is 18.9. The zero-order valence-corrected chi connectivity index (χ0v) is 13.0. The topological polar surface area (TPSA) is 81.4 Å². The van der Waals surface area contributed by atoms with Gasteiger partial charge in [0.25, 0.3) is 0 Å². The maximum atomic E-state index is 12.6. The summed E-state index contributed by atoms with van der Waals surface area (Å²) in [7, 11) is -3.58. The zero-order valence-electron chi connectivity index (χ0n) is 12.2. The molecule has 0 atom stereocenters. The molecule has 0 amide bonds. The van der Waals surface area contributed by atoms with Crippen LogP contribution in [0.5, 0.6) is 0 Å². The summed E-state index contributed by atoms with van der Waals surface area (Å²) >= 11 is 0. The molecule has 1 aliphatic heterocycles. The van der Waals surface area contributed by atoms with Gasteiger partial charge in [0.2, 0.25) is 10.0 Å². The quantitative estimate of drug-likeness (QED) is 0.833. The Balaban J connectivity index is 2.36. The van der Waals surface area contributed by atoms with E-state index in [1.54, 1.807) is 19.1 Å². The number of benzene rings is 1. The second kappa shape index (κ2) is 5.35. The second-order valence-corrected chi connectivity index (χ2v) is 7.41. The minimum atomic E-state index is -3.58. The number of nitrogen functional groups attached to an aromatic ring is 1. The Hall–Kier alpha value is -1.11. The van der Waals surface area contributed by atoms with Crippen LogP contribution in [0, 0.1) is 13.8 Å². The van der Waals surface area contributed by atoms with Crippen LogP contribution in [0.25, 0.3) is 0 Å². The molecule has 6 heteroatoms. The molecule has 20 heavy (non-hydrogen) atoms. The third kappa shape index (κ3) is 3.13. The van der Waals surface area contributed by atoms with E-state index in [1.165, 1.54) is 0 Å². The number of hydrogen-bond donors (Lipinski definition) is 2. The maximum Gasteiger partial charge on any atom is 0.241 e. The van der Waals surface area contributed by atoms with Gasteiger partial charge in [0.15, 0.2) is 0 Å².